The molecule has 0 aliphatic carbocycles. The second-order valence-electron chi connectivity index (χ2n) is 5.50. The van der Waals surface area contributed by atoms with Crippen molar-refractivity contribution < 1.29 is 4.79 Å². The number of nitrogens with one attached hydrogen (secondary N) is 1. The molecule has 21 heavy (non-hydrogen) atoms. The average molecular weight is 304 g/mol. The quantitative estimate of drug-likeness (QED) is 0.855. The van der Waals surface area contributed by atoms with E-state index in [0.717, 1.165) is 47.0 Å². The molecule has 1 aromatic heterocycles. The maximum Gasteiger partial charge on any atom is 0.244 e. The molecule has 0 bridgehead atoms. The molecule has 2 aromatic rings. The number of nitrogens with two attached hydrogens (primary N) is 1. The molecule has 3 N–H and O–H groups in total. The van der Waals surface area contributed by atoms with Crippen LogP contribution in [0.15, 0.2) is 18.2 Å². The van der Waals surface area contributed by atoms with Crippen LogP contribution in [0.2, 0.25) is 0 Å². The lowest BCUT2D eigenvalue weighted by molar-refractivity contribution is -0.132. The van der Waals surface area contributed by atoms with Crippen LogP contribution in [-0.4, -0.2) is 34.9 Å². The third-order valence-corrected chi connectivity index (χ3v) is 4.74. The van der Waals surface area contributed by atoms with Crippen LogP contribution in [0, 0.1) is 0 Å². The Kier molecular flexibility index (Phi) is 3.96. The first-order chi connectivity index (χ1) is 10.1. The van der Waals surface area contributed by atoms with Gasteiger partial charge in [0, 0.05) is 18.8 Å². The molecule has 1 saturated heterocycles. The van der Waals surface area contributed by atoms with Crippen LogP contribution in [0.3, 0.4) is 0 Å². The Bertz CT molecular complexity index is 648. The van der Waals surface area contributed by atoms with Crippen molar-refractivity contribution in [2.45, 2.75) is 32.2 Å². The summed E-state index contributed by atoms with van der Waals surface area (Å²) in [6, 6.07) is 5.41. The molecule has 1 amide bonds. The van der Waals surface area contributed by atoms with E-state index in [1.165, 1.54) is 17.8 Å². The van der Waals surface area contributed by atoms with Gasteiger partial charge >= 0.3 is 0 Å². The number of anilines is 2. The van der Waals surface area contributed by atoms with Crippen molar-refractivity contribution in [2.75, 3.05) is 24.1 Å². The number of benzene rings is 1. The zero-order valence-electron chi connectivity index (χ0n) is 12.1. The van der Waals surface area contributed by atoms with E-state index in [1.807, 2.05) is 30.0 Å². The molecule has 0 saturated carbocycles. The van der Waals surface area contributed by atoms with Gasteiger partial charge in [0.1, 0.15) is 6.04 Å². The molecular formula is C15H20N4OS. The topological polar surface area (TPSA) is 71.2 Å². The molecule has 0 radical (unpaired) electrons. The van der Waals surface area contributed by atoms with Crippen molar-refractivity contribution >= 4 is 38.3 Å². The molecule has 0 spiro atoms. The van der Waals surface area contributed by atoms with E-state index >= 15 is 0 Å². The number of aromatic nitrogens is 1. The van der Waals surface area contributed by atoms with Gasteiger partial charge in [-0.15, -0.1) is 0 Å². The van der Waals surface area contributed by atoms with Crippen molar-refractivity contribution in [1.29, 1.82) is 0 Å². The number of likely N-dealkylation sites (tertiary alicyclic amines) is 1. The predicted octanol–water partition coefficient (Wildman–Crippen LogP) is 2.69. The van der Waals surface area contributed by atoms with Crippen LogP contribution < -0.4 is 11.1 Å². The molecule has 1 atom stereocenters. The van der Waals surface area contributed by atoms with Gasteiger partial charge in [-0.2, -0.15) is 0 Å². The Morgan fingerprint density at radius 3 is 2.90 bits per heavy atom. The fourth-order valence-electron chi connectivity index (χ4n) is 2.64. The van der Waals surface area contributed by atoms with E-state index in [9.17, 15) is 4.79 Å². The van der Waals surface area contributed by atoms with Gasteiger partial charge in [-0.25, -0.2) is 4.98 Å². The number of nitrogens with zero attached hydrogens (tertiary/aromatic N) is 2. The maximum atomic E-state index is 12.4. The molecule has 5 nitrogen and oxygen atoms in total. The largest absolute Gasteiger partial charge is 0.399 e. The molecule has 2 heterocycles. The Morgan fingerprint density at radius 1 is 1.38 bits per heavy atom. The summed E-state index contributed by atoms with van der Waals surface area (Å²) in [5.74, 6) is 0.161. The Morgan fingerprint density at radius 2 is 2.14 bits per heavy atom. The molecular weight excluding hydrogens is 284 g/mol. The summed E-state index contributed by atoms with van der Waals surface area (Å²) in [5.41, 5.74) is 7.42. The summed E-state index contributed by atoms with van der Waals surface area (Å²) in [6.45, 7) is 3.65. The SMILES string of the molecule is CC(Nc1nc2ccc(N)cc2s1)C(=O)N1CCCCC1. The van der Waals surface area contributed by atoms with Crippen molar-refractivity contribution in [1.82, 2.24) is 9.88 Å². The average Bonchev–Trinajstić information content (AvgIpc) is 2.88. The number of hydrogen-bond donors (Lipinski definition) is 2. The first kappa shape index (κ1) is 14.1. The fourth-order valence-corrected chi connectivity index (χ4v) is 3.64. The number of hydrogen-bond acceptors (Lipinski definition) is 5. The second-order valence-corrected chi connectivity index (χ2v) is 6.53. The van der Waals surface area contributed by atoms with E-state index < -0.39 is 0 Å². The summed E-state index contributed by atoms with van der Waals surface area (Å²) in [4.78, 5) is 18.8. The van der Waals surface area contributed by atoms with Crippen LogP contribution in [-0.2, 0) is 4.79 Å². The van der Waals surface area contributed by atoms with Crippen molar-refractivity contribution in [3.05, 3.63) is 18.2 Å². The molecule has 1 aliphatic heterocycles. The van der Waals surface area contributed by atoms with Gasteiger partial charge in [0.15, 0.2) is 5.13 Å². The Balaban J connectivity index is 1.70. The van der Waals surface area contributed by atoms with Crippen LogP contribution in [0.4, 0.5) is 10.8 Å². The normalized spacial score (nSPS) is 16.9. The predicted molar refractivity (Wildman–Crippen MR) is 87.5 cm³/mol. The van der Waals surface area contributed by atoms with Gasteiger partial charge in [0.05, 0.1) is 10.2 Å². The van der Waals surface area contributed by atoms with Crippen LogP contribution in [0.25, 0.3) is 10.2 Å². The van der Waals surface area contributed by atoms with Gasteiger partial charge in [0.25, 0.3) is 0 Å². The third-order valence-electron chi connectivity index (χ3n) is 3.79. The number of piperidine rings is 1. The van der Waals surface area contributed by atoms with Crippen molar-refractivity contribution in [3.8, 4) is 0 Å². The minimum atomic E-state index is -0.249. The molecule has 3 rings (SSSR count). The molecule has 1 unspecified atom stereocenters. The summed E-state index contributed by atoms with van der Waals surface area (Å²) >= 11 is 1.53. The number of carbonyl (C=O) groups is 1. The Hall–Kier alpha value is -1.82. The highest BCUT2D eigenvalue weighted by atomic mass is 32.1. The summed E-state index contributed by atoms with van der Waals surface area (Å²) in [6.07, 6.45) is 3.45. The lowest BCUT2D eigenvalue weighted by atomic mass is 10.1. The van der Waals surface area contributed by atoms with Crippen molar-refractivity contribution in [3.63, 3.8) is 0 Å². The fraction of sp³-hybridized carbons (Fsp3) is 0.467. The lowest BCUT2D eigenvalue weighted by Crippen LogP contribution is -2.43. The zero-order chi connectivity index (χ0) is 14.8. The standard InChI is InChI=1S/C15H20N4OS/c1-10(14(20)19-7-3-2-4-8-19)17-15-18-12-6-5-11(16)9-13(12)21-15/h5-6,9-10H,2-4,7-8,16H2,1H3,(H,17,18). The van der Waals surface area contributed by atoms with E-state index in [2.05, 4.69) is 10.3 Å². The summed E-state index contributed by atoms with van der Waals surface area (Å²) in [5, 5.41) is 3.99. The van der Waals surface area contributed by atoms with Gasteiger partial charge in [-0.1, -0.05) is 11.3 Å². The lowest BCUT2D eigenvalue weighted by Gasteiger charge is -2.29. The summed E-state index contributed by atoms with van der Waals surface area (Å²) < 4.78 is 1.04. The molecule has 1 aliphatic rings. The summed E-state index contributed by atoms with van der Waals surface area (Å²) in [7, 11) is 0. The van der Waals surface area contributed by atoms with Crippen molar-refractivity contribution in [2.24, 2.45) is 0 Å². The molecule has 6 heteroatoms. The number of fused-ring (bicyclic) bond motifs is 1. The number of thiazole rings is 1. The second kappa shape index (κ2) is 5.89. The van der Waals surface area contributed by atoms with E-state index in [4.69, 9.17) is 5.73 Å². The first-order valence-corrected chi connectivity index (χ1v) is 8.16. The maximum absolute atomic E-state index is 12.4. The number of amides is 1. The minimum Gasteiger partial charge on any atom is -0.399 e. The first-order valence-electron chi connectivity index (χ1n) is 7.35. The number of carbonyl (C=O) groups excluding carboxylic acids is 1. The van der Waals surface area contributed by atoms with Gasteiger partial charge in [0.2, 0.25) is 5.91 Å². The van der Waals surface area contributed by atoms with Crippen LogP contribution >= 0.6 is 11.3 Å². The van der Waals surface area contributed by atoms with E-state index in [1.54, 1.807) is 0 Å². The monoisotopic (exact) mass is 304 g/mol. The number of nitrogen functional groups attached to an aromatic ring is 1. The van der Waals surface area contributed by atoms with Crippen LogP contribution in [0.1, 0.15) is 26.2 Å². The van der Waals surface area contributed by atoms with Gasteiger partial charge in [-0.05, 0) is 44.4 Å². The van der Waals surface area contributed by atoms with Gasteiger partial charge < -0.3 is 16.0 Å². The molecule has 1 aromatic carbocycles. The zero-order valence-corrected chi connectivity index (χ0v) is 12.9. The minimum absolute atomic E-state index is 0.161. The highest BCUT2D eigenvalue weighted by Crippen LogP contribution is 2.28. The third kappa shape index (κ3) is 3.10. The highest BCUT2D eigenvalue weighted by Gasteiger charge is 2.22. The smallest absolute Gasteiger partial charge is 0.244 e. The van der Waals surface area contributed by atoms with E-state index in [0.29, 0.717) is 0 Å². The number of rotatable bonds is 3. The molecule has 1 fully saturated rings. The van der Waals surface area contributed by atoms with E-state index in [-0.39, 0.29) is 11.9 Å². The van der Waals surface area contributed by atoms with Gasteiger partial charge in [-0.3, -0.25) is 4.79 Å². The highest BCUT2D eigenvalue weighted by molar-refractivity contribution is 7.22. The Labute approximate surface area is 128 Å². The van der Waals surface area contributed by atoms with Crippen LogP contribution in [0.5, 0.6) is 0 Å². The molecule has 112 valence electrons.